The van der Waals surface area contributed by atoms with Crippen LogP contribution in [0.15, 0.2) is 59.6 Å². The number of carbonyl (C=O) groups excluding carboxylic acids is 1. The molecule has 3 aromatic heterocycles. The van der Waals surface area contributed by atoms with E-state index in [-0.39, 0.29) is 0 Å². The van der Waals surface area contributed by atoms with E-state index in [0.717, 1.165) is 31.9 Å². The average molecular weight is 446 g/mol. The molecule has 1 amide bonds. The number of piperazine rings is 1. The highest BCUT2D eigenvalue weighted by Crippen LogP contribution is 2.27. The number of nitrogens with zero attached hydrogens (tertiary/aromatic N) is 5. The zero-order chi connectivity index (χ0) is 22.9. The highest BCUT2D eigenvalue weighted by atomic mass is 16.3. The van der Waals surface area contributed by atoms with Gasteiger partial charge in [0.2, 0.25) is 0 Å². The first kappa shape index (κ1) is 21.0. The summed E-state index contributed by atoms with van der Waals surface area (Å²) < 4.78 is 7.38. The lowest BCUT2D eigenvalue weighted by Gasteiger charge is -2.38. The van der Waals surface area contributed by atoms with Crippen LogP contribution >= 0.6 is 0 Å². The monoisotopic (exact) mass is 445 g/mol. The molecule has 4 aromatic rings. The molecule has 1 saturated heterocycles. The summed E-state index contributed by atoms with van der Waals surface area (Å²) in [5.41, 5.74) is 9.13. The number of fused-ring (bicyclic) bond motifs is 1. The van der Waals surface area contributed by atoms with Crippen LogP contribution in [-0.2, 0) is 0 Å². The second kappa shape index (κ2) is 8.59. The zero-order valence-electron chi connectivity index (χ0n) is 18.7. The van der Waals surface area contributed by atoms with Crippen LogP contribution < -0.4 is 16.0 Å². The lowest BCUT2D eigenvalue weighted by molar-refractivity contribution is 0.0999. The van der Waals surface area contributed by atoms with E-state index in [9.17, 15) is 4.79 Å². The van der Waals surface area contributed by atoms with E-state index in [0.29, 0.717) is 34.5 Å². The predicted molar refractivity (Wildman–Crippen MR) is 128 cm³/mol. The molecule has 9 heteroatoms. The van der Waals surface area contributed by atoms with E-state index in [1.54, 1.807) is 18.5 Å². The highest BCUT2D eigenvalue weighted by Gasteiger charge is 2.19. The molecule has 1 fully saturated rings. The van der Waals surface area contributed by atoms with Crippen LogP contribution in [0.1, 0.15) is 24.2 Å². The number of hydrogen-bond acceptors (Lipinski definition) is 7. The van der Waals surface area contributed by atoms with Crippen molar-refractivity contribution in [3.05, 3.63) is 60.7 Å². The molecule has 1 aliphatic rings. The van der Waals surface area contributed by atoms with Gasteiger partial charge < -0.3 is 20.4 Å². The molecule has 4 heterocycles. The molecule has 0 saturated carbocycles. The topological polar surface area (TPSA) is 105 Å². The van der Waals surface area contributed by atoms with Gasteiger partial charge in [0, 0.05) is 56.0 Å². The fraction of sp³-hybridized carbons (Fsp3) is 0.292. The Morgan fingerprint density at radius 3 is 2.55 bits per heavy atom. The molecule has 0 aliphatic carbocycles. The van der Waals surface area contributed by atoms with Crippen molar-refractivity contribution in [2.45, 2.75) is 19.9 Å². The predicted octanol–water partition coefficient (Wildman–Crippen LogP) is 3.36. The molecule has 3 N–H and O–H groups in total. The van der Waals surface area contributed by atoms with Gasteiger partial charge in [-0.25, -0.2) is 9.97 Å². The van der Waals surface area contributed by atoms with Crippen LogP contribution in [-0.4, -0.2) is 57.4 Å². The fourth-order valence-corrected chi connectivity index (χ4v) is 4.18. The molecule has 5 rings (SSSR count). The minimum Gasteiger partial charge on any atom is -0.462 e. The van der Waals surface area contributed by atoms with Gasteiger partial charge in [-0.05, 0) is 44.2 Å². The second-order valence-electron chi connectivity index (χ2n) is 8.47. The van der Waals surface area contributed by atoms with Crippen LogP contribution in [0.2, 0.25) is 0 Å². The molecule has 0 atom stereocenters. The first-order valence-corrected chi connectivity index (χ1v) is 11.1. The van der Waals surface area contributed by atoms with E-state index in [4.69, 9.17) is 10.2 Å². The smallest absolute Gasteiger partial charge is 0.251 e. The number of aromatic nitrogens is 3. The maximum absolute atomic E-state index is 11.4. The van der Waals surface area contributed by atoms with Crippen molar-refractivity contribution in [3.8, 4) is 11.5 Å². The van der Waals surface area contributed by atoms with Crippen molar-refractivity contribution in [2.75, 3.05) is 36.4 Å². The number of benzene rings is 1. The van der Waals surface area contributed by atoms with Crippen LogP contribution in [0.4, 0.5) is 17.2 Å². The van der Waals surface area contributed by atoms with Gasteiger partial charge in [-0.15, -0.1) is 0 Å². The quantitative estimate of drug-likeness (QED) is 0.469. The van der Waals surface area contributed by atoms with Crippen molar-refractivity contribution in [1.82, 2.24) is 19.3 Å². The number of nitrogens with one attached hydrogen (secondary N) is 1. The van der Waals surface area contributed by atoms with Crippen LogP contribution in [0.25, 0.3) is 17.1 Å². The summed E-state index contributed by atoms with van der Waals surface area (Å²) in [5.74, 6) is 0.583. The number of rotatable bonds is 6. The first-order valence-electron chi connectivity index (χ1n) is 11.1. The summed E-state index contributed by atoms with van der Waals surface area (Å²) in [7, 11) is 0. The fourth-order valence-electron chi connectivity index (χ4n) is 4.18. The third-order valence-electron chi connectivity index (χ3n) is 6.10. The number of hydrogen-bond donors (Lipinski definition) is 2. The van der Waals surface area contributed by atoms with Gasteiger partial charge in [-0.2, -0.15) is 0 Å². The van der Waals surface area contributed by atoms with Gasteiger partial charge in [-0.1, -0.05) is 0 Å². The lowest BCUT2D eigenvalue weighted by atomic mass is 10.2. The van der Waals surface area contributed by atoms with Crippen LogP contribution in [0, 0.1) is 0 Å². The lowest BCUT2D eigenvalue weighted by Crippen LogP contribution is -2.48. The minimum absolute atomic E-state index is 0.311. The number of furan rings is 1. The van der Waals surface area contributed by atoms with Crippen LogP contribution in [0.5, 0.6) is 0 Å². The van der Waals surface area contributed by atoms with Gasteiger partial charge in [0.1, 0.15) is 12.0 Å². The van der Waals surface area contributed by atoms with E-state index < -0.39 is 5.91 Å². The van der Waals surface area contributed by atoms with Crippen molar-refractivity contribution in [1.29, 1.82) is 0 Å². The van der Waals surface area contributed by atoms with Gasteiger partial charge in [0.15, 0.2) is 17.2 Å². The Hall–Kier alpha value is -3.85. The summed E-state index contributed by atoms with van der Waals surface area (Å²) in [6, 6.07) is 10.6. The summed E-state index contributed by atoms with van der Waals surface area (Å²) in [6.07, 6.45) is 6.55. The molecule has 0 radical (unpaired) electrons. The largest absolute Gasteiger partial charge is 0.462 e. The molecular formula is C24H27N7O2. The Morgan fingerprint density at radius 1 is 1.12 bits per heavy atom. The van der Waals surface area contributed by atoms with Crippen molar-refractivity contribution >= 4 is 28.7 Å². The molecular weight excluding hydrogens is 418 g/mol. The zero-order valence-corrected chi connectivity index (χ0v) is 18.7. The van der Waals surface area contributed by atoms with Gasteiger partial charge >= 0.3 is 0 Å². The molecule has 0 spiro atoms. The first-order chi connectivity index (χ1) is 16.0. The second-order valence-corrected chi connectivity index (χ2v) is 8.47. The summed E-state index contributed by atoms with van der Waals surface area (Å²) in [5, 5.41) is 3.36. The Bertz CT molecular complexity index is 1270. The number of anilines is 3. The summed E-state index contributed by atoms with van der Waals surface area (Å²) >= 11 is 0. The Kier molecular flexibility index (Phi) is 5.47. The molecule has 0 unspecified atom stereocenters. The summed E-state index contributed by atoms with van der Waals surface area (Å²) in [4.78, 5) is 25.3. The molecule has 1 aliphatic heterocycles. The number of carbonyl (C=O) groups is 1. The SMILES string of the molecule is CC(C)N1CCN(c2ccc(Nc3ncc(-c4cc(C(N)=O)co4)n4ccnc34)cc2)CC1. The van der Waals surface area contributed by atoms with Gasteiger partial charge in [0.25, 0.3) is 5.91 Å². The summed E-state index contributed by atoms with van der Waals surface area (Å²) in [6.45, 7) is 8.74. The number of primary amides is 1. The number of nitrogens with two attached hydrogens (primary N) is 1. The molecule has 33 heavy (non-hydrogen) atoms. The number of amides is 1. The van der Waals surface area contributed by atoms with Crippen molar-refractivity contribution in [3.63, 3.8) is 0 Å². The molecule has 170 valence electrons. The average Bonchev–Trinajstić information content (AvgIpc) is 3.51. The van der Waals surface area contributed by atoms with Crippen molar-refractivity contribution in [2.24, 2.45) is 5.73 Å². The van der Waals surface area contributed by atoms with E-state index in [2.05, 4.69) is 63.2 Å². The van der Waals surface area contributed by atoms with Crippen LogP contribution in [0.3, 0.4) is 0 Å². The Balaban J connectivity index is 1.33. The minimum atomic E-state index is -0.539. The van der Waals surface area contributed by atoms with E-state index >= 15 is 0 Å². The molecule has 0 bridgehead atoms. The van der Waals surface area contributed by atoms with E-state index in [1.165, 1.54) is 12.0 Å². The Labute approximate surface area is 191 Å². The standard InChI is InChI=1S/C24H27N7O2/c1-16(2)29-9-11-30(12-10-29)19-5-3-18(4-6-19)28-23-24-26-7-8-31(24)20(14-27-23)21-13-17(15-33-21)22(25)32/h3-8,13-16H,9-12H2,1-2H3,(H2,25,32)(H,27,28). The normalized spacial score (nSPS) is 14.8. The van der Waals surface area contributed by atoms with E-state index in [1.807, 2.05) is 10.6 Å². The van der Waals surface area contributed by atoms with Gasteiger partial charge in [-0.3, -0.25) is 14.1 Å². The number of imidazole rings is 1. The maximum atomic E-state index is 11.4. The third kappa shape index (κ3) is 4.14. The molecule has 1 aromatic carbocycles. The highest BCUT2D eigenvalue weighted by molar-refractivity contribution is 5.93. The van der Waals surface area contributed by atoms with Crippen molar-refractivity contribution < 1.29 is 9.21 Å². The molecule has 9 nitrogen and oxygen atoms in total. The van der Waals surface area contributed by atoms with Gasteiger partial charge in [0.05, 0.1) is 11.8 Å². The third-order valence-corrected chi connectivity index (χ3v) is 6.10. The Morgan fingerprint density at radius 2 is 1.88 bits per heavy atom. The maximum Gasteiger partial charge on any atom is 0.251 e.